The van der Waals surface area contributed by atoms with Gasteiger partial charge in [-0.1, -0.05) is 42.5 Å². The minimum Gasteiger partial charge on any atom is -0.293 e. The van der Waals surface area contributed by atoms with E-state index < -0.39 is 15.7 Å². The Kier molecular flexibility index (Phi) is 4.94. The SMILES string of the molecule is O=C(CS(=O)Cc1ccccc1)c1cccc([N+](=O)[O-])c1. The van der Waals surface area contributed by atoms with E-state index in [4.69, 9.17) is 0 Å². The summed E-state index contributed by atoms with van der Waals surface area (Å²) >= 11 is 0. The molecule has 5 nitrogen and oxygen atoms in total. The molecule has 0 radical (unpaired) electrons. The molecule has 0 N–H and O–H groups in total. The number of ketones is 1. The van der Waals surface area contributed by atoms with Crippen LogP contribution in [0.3, 0.4) is 0 Å². The summed E-state index contributed by atoms with van der Waals surface area (Å²) in [6.07, 6.45) is 0. The van der Waals surface area contributed by atoms with E-state index in [9.17, 15) is 19.1 Å². The maximum absolute atomic E-state index is 12.0. The zero-order chi connectivity index (χ0) is 15.2. The number of nitro groups is 1. The third-order valence-corrected chi connectivity index (χ3v) is 4.08. The number of carbonyl (C=O) groups is 1. The number of hydrogen-bond donors (Lipinski definition) is 0. The standard InChI is InChI=1S/C15H13NO4S/c17-15(13-7-4-8-14(9-13)16(18)19)11-21(20)10-12-5-2-1-3-6-12/h1-9H,10-11H2. The minimum atomic E-state index is -1.34. The third-order valence-electron chi connectivity index (χ3n) is 2.84. The number of non-ortho nitro benzene ring substituents is 1. The highest BCUT2D eigenvalue weighted by Crippen LogP contribution is 2.14. The van der Waals surface area contributed by atoms with Crippen molar-refractivity contribution in [2.24, 2.45) is 0 Å². The van der Waals surface area contributed by atoms with Gasteiger partial charge in [0.05, 0.1) is 10.7 Å². The average molecular weight is 303 g/mol. The van der Waals surface area contributed by atoms with E-state index in [-0.39, 0.29) is 22.8 Å². The van der Waals surface area contributed by atoms with E-state index in [1.807, 2.05) is 30.3 Å². The van der Waals surface area contributed by atoms with Crippen LogP contribution >= 0.6 is 0 Å². The molecule has 0 aliphatic heterocycles. The summed E-state index contributed by atoms with van der Waals surface area (Å²) in [6.45, 7) is 0. The second-order valence-corrected chi connectivity index (χ2v) is 5.90. The fourth-order valence-electron chi connectivity index (χ4n) is 1.83. The maximum atomic E-state index is 12.0. The van der Waals surface area contributed by atoms with E-state index >= 15 is 0 Å². The van der Waals surface area contributed by atoms with Crippen LogP contribution in [0.5, 0.6) is 0 Å². The maximum Gasteiger partial charge on any atom is 0.270 e. The fourth-order valence-corrected chi connectivity index (χ4v) is 2.96. The lowest BCUT2D eigenvalue weighted by Crippen LogP contribution is -2.12. The van der Waals surface area contributed by atoms with Crippen molar-refractivity contribution in [2.45, 2.75) is 5.75 Å². The zero-order valence-corrected chi connectivity index (χ0v) is 11.9. The van der Waals surface area contributed by atoms with Gasteiger partial charge in [0, 0.05) is 34.2 Å². The molecule has 21 heavy (non-hydrogen) atoms. The predicted molar refractivity (Wildman–Crippen MR) is 80.6 cm³/mol. The Morgan fingerprint density at radius 3 is 2.48 bits per heavy atom. The van der Waals surface area contributed by atoms with Crippen molar-refractivity contribution in [3.8, 4) is 0 Å². The van der Waals surface area contributed by atoms with Gasteiger partial charge in [0.2, 0.25) is 0 Å². The van der Waals surface area contributed by atoms with Gasteiger partial charge in [-0.15, -0.1) is 0 Å². The van der Waals surface area contributed by atoms with Gasteiger partial charge in [-0.3, -0.25) is 19.1 Å². The number of carbonyl (C=O) groups excluding carboxylic acids is 1. The van der Waals surface area contributed by atoms with Crippen molar-refractivity contribution in [2.75, 3.05) is 5.75 Å². The van der Waals surface area contributed by atoms with Crippen molar-refractivity contribution in [1.82, 2.24) is 0 Å². The lowest BCUT2D eigenvalue weighted by atomic mass is 10.1. The Bertz CT molecular complexity index is 685. The second kappa shape index (κ2) is 6.90. The van der Waals surface area contributed by atoms with Crippen LogP contribution in [-0.2, 0) is 16.6 Å². The largest absolute Gasteiger partial charge is 0.293 e. The summed E-state index contributed by atoms with van der Waals surface area (Å²) in [5, 5.41) is 10.7. The van der Waals surface area contributed by atoms with E-state index in [2.05, 4.69) is 0 Å². The number of hydrogen-bond acceptors (Lipinski definition) is 4. The van der Waals surface area contributed by atoms with Crippen LogP contribution in [0.2, 0.25) is 0 Å². The molecule has 6 heteroatoms. The van der Waals surface area contributed by atoms with Gasteiger partial charge in [0.15, 0.2) is 5.78 Å². The number of nitro benzene ring substituents is 1. The summed E-state index contributed by atoms with van der Waals surface area (Å²) in [5.74, 6) is -0.203. The molecule has 2 aromatic rings. The molecule has 2 rings (SSSR count). The quantitative estimate of drug-likeness (QED) is 0.467. The molecular weight excluding hydrogens is 290 g/mol. The first-order valence-electron chi connectivity index (χ1n) is 6.23. The molecule has 0 bridgehead atoms. The lowest BCUT2D eigenvalue weighted by molar-refractivity contribution is -0.384. The zero-order valence-electron chi connectivity index (χ0n) is 11.1. The highest BCUT2D eigenvalue weighted by Gasteiger charge is 2.14. The lowest BCUT2D eigenvalue weighted by Gasteiger charge is -2.03. The Labute approximate surface area is 124 Å². The van der Waals surface area contributed by atoms with Gasteiger partial charge < -0.3 is 0 Å². The fraction of sp³-hybridized carbons (Fsp3) is 0.133. The number of Topliss-reactive ketones (excluding diaryl/α,β-unsaturated/α-hetero) is 1. The molecule has 0 aliphatic carbocycles. The highest BCUT2D eigenvalue weighted by atomic mass is 32.2. The van der Waals surface area contributed by atoms with Gasteiger partial charge in [-0.05, 0) is 5.56 Å². The van der Waals surface area contributed by atoms with E-state index in [1.54, 1.807) is 0 Å². The topological polar surface area (TPSA) is 77.3 Å². The van der Waals surface area contributed by atoms with Crippen LogP contribution in [0.15, 0.2) is 54.6 Å². The van der Waals surface area contributed by atoms with Gasteiger partial charge in [-0.2, -0.15) is 0 Å². The number of benzene rings is 2. The predicted octanol–water partition coefficient (Wildman–Crippen LogP) is 2.73. The molecular formula is C15H13NO4S. The van der Waals surface area contributed by atoms with E-state index in [1.165, 1.54) is 24.3 Å². The molecule has 0 aliphatic rings. The molecule has 108 valence electrons. The molecule has 1 atom stereocenters. The summed E-state index contributed by atoms with van der Waals surface area (Å²) in [7, 11) is -1.34. The molecule has 0 saturated carbocycles. The number of rotatable bonds is 6. The first-order chi connectivity index (χ1) is 10.1. The summed E-state index contributed by atoms with van der Waals surface area (Å²) < 4.78 is 12.0. The van der Waals surface area contributed by atoms with Gasteiger partial charge >= 0.3 is 0 Å². The van der Waals surface area contributed by atoms with Gasteiger partial charge in [0.25, 0.3) is 5.69 Å². The highest BCUT2D eigenvalue weighted by molar-refractivity contribution is 7.85. The molecule has 0 fully saturated rings. The molecule has 0 heterocycles. The third kappa shape index (κ3) is 4.32. The second-order valence-electron chi connectivity index (χ2n) is 4.44. The minimum absolute atomic E-state index is 0.143. The van der Waals surface area contributed by atoms with Crippen LogP contribution in [0.1, 0.15) is 15.9 Å². The molecule has 0 amide bonds. The van der Waals surface area contributed by atoms with Crippen molar-refractivity contribution < 1.29 is 13.9 Å². The van der Waals surface area contributed by atoms with E-state index in [0.29, 0.717) is 5.75 Å². The van der Waals surface area contributed by atoms with Gasteiger partial charge in [-0.25, -0.2) is 0 Å². The van der Waals surface area contributed by atoms with Crippen molar-refractivity contribution >= 4 is 22.3 Å². The van der Waals surface area contributed by atoms with Crippen molar-refractivity contribution in [3.05, 3.63) is 75.8 Å². The van der Waals surface area contributed by atoms with Crippen molar-refractivity contribution in [1.29, 1.82) is 0 Å². The number of nitrogens with zero attached hydrogens (tertiary/aromatic N) is 1. The molecule has 0 spiro atoms. The van der Waals surface area contributed by atoms with Crippen LogP contribution in [0.25, 0.3) is 0 Å². The molecule has 1 unspecified atom stereocenters. The van der Waals surface area contributed by atoms with Crippen LogP contribution in [0, 0.1) is 10.1 Å². The normalized spacial score (nSPS) is 11.8. The summed E-state index contributed by atoms with van der Waals surface area (Å²) in [6, 6.07) is 14.7. The molecule has 2 aromatic carbocycles. The van der Waals surface area contributed by atoms with Crippen molar-refractivity contribution in [3.63, 3.8) is 0 Å². The summed E-state index contributed by atoms with van der Waals surface area (Å²) in [5.41, 5.74) is 0.961. The average Bonchev–Trinajstić information content (AvgIpc) is 2.48. The molecule has 0 saturated heterocycles. The summed E-state index contributed by atoms with van der Waals surface area (Å²) in [4.78, 5) is 22.1. The van der Waals surface area contributed by atoms with E-state index in [0.717, 1.165) is 5.56 Å². The first-order valence-corrected chi connectivity index (χ1v) is 7.71. The van der Waals surface area contributed by atoms with Crippen LogP contribution in [0.4, 0.5) is 5.69 Å². The van der Waals surface area contributed by atoms with Gasteiger partial charge in [0.1, 0.15) is 0 Å². The van der Waals surface area contributed by atoms with Crippen LogP contribution < -0.4 is 0 Å². The Morgan fingerprint density at radius 2 is 1.81 bits per heavy atom. The Morgan fingerprint density at radius 1 is 1.10 bits per heavy atom. The smallest absolute Gasteiger partial charge is 0.270 e. The first kappa shape index (κ1) is 15.1. The molecule has 0 aromatic heterocycles. The van der Waals surface area contributed by atoms with Crippen LogP contribution in [-0.4, -0.2) is 20.7 Å². The monoisotopic (exact) mass is 303 g/mol. The Balaban J connectivity index is 2.02. The Hall–Kier alpha value is -2.34.